The van der Waals surface area contributed by atoms with E-state index in [1.165, 1.54) is 270 Å². The molecular formula is C61H119NO4. The Morgan fingerprint density at radius 3 is 0.909 bits per heavy atom. The second kappa shape index (κ2) is 56.4. The monoisotopic (exact) mass is 930 g/mol. The van der Waals surface area contributed by atoms with Crippen molar-refractivity contribution in [3.63, 3.8) is 0 Å². The summed E-state index contributed by atoms with van der Waals surface area (Å²) in [5, 5.41) is 33.6. The number of aliphatic hydroxyl groups excluding tert-OH is 3. The summed E-state index contributed by atoms with van der Waals surface area (Å²) in [5.74, 6) is -0.465. The highest BCUT2D eigenvalue weighted by atomic mass is 16.3. The number of rotatable bonds is 56. The molecule has 66 heavy (non-hydrogen) atoms. The Kier molecular flexibility index (Phi) is 55.4. The van der Waals surface area contributed by atoms with Crippen LogP contribution < -0.4 is 5.32 Å². The lowest BCUT2D eigenvalue weighted by Gasteiger charge is -2.23. The fourth-order valence-corrected chi connectivity index (χ4v) is 9.64. The molecule has 5 heteroatoms. The smallest absolute Gasteiger partial charge is 0.249 e. The first kappa shape index (κ1) is 64.8. The molecule has 0 saturated heterocycles. The van der Waals surface area contributed by atoms with Gasteiger partial charge in [-0.1, -0.05) is 314 Å². The summed E-state index contributed by atoms with van der Waals surface area (Å²) < 4.78 is 0. The Hall–Kier alpha value is -1.17. The lowest BCUT2D eigenvalue weighted by molar-refractivity contribution is -0.131. The molecule has 0 saturated carbocycles. The van der Waals surface area contributed by atoms with Gasteiger partial charge < -0.3 is 20.6 Å². The van der Waals surface area contributed by atoms with Gasteiger partial charge in [0.2, 0.25) is 5.91 Å². The summed E-state index contributed by atoms with van der Waals surface area (Å²) in [6.07, 6.45) is 72.4. The molecule has 0 radical (unpaired) electrons. The third-order valence-electron chi connectivity index (χ3n) is 14.3. The fourth-order valence-electron chi connectivity index (χ4n) is 9.64. The average Bonchev–Trinajstić information content (AvgIpc) is 3.32. The predicted octanol–water partition coefficient (Wildman–Crippen LogP) is 18.8. The van der Waals surface area contributed by atoms with Crippen molar-refractivity contribution >= 4 is 5.91 Å². The van der Waals surface area contributed by atoms with Crippen molar-refractivity contribution in [1.29, 1.82) is 0 Å². The third-order valence-corrected chi connectivity index (χ3v) is 14.3. The number of carbonyl (C=O) groups excluding carboxylic acids is 1. The van der Waals surface area contributed by atoms with Crippen molar-refractivity contribution in [2.75, 3.05) is 6.61 Å². The SMILES string of the molecule is CCCCCCCCCCC/C=C\C/C=C\CCCCCCCCCCCCCCCCCCC(O)C(=O)NC(CO)C(O)CCCCCCCCCCCCCCCCCCCCCC. The van der Waals surface area contributed by atoms with Gasteiger partial charge in [0, 0.05) is 0 Å². The van der Waals surface area contributed by atoms with Crippen molar-refractivity contribution in [2.24, 2.45) is 0 Å². The van der Waals surface area contributed by atoms with Gasteiger partial charge in [0.15, 0.2) is 0 Å². The third kappa shape index (κ3) is 50.7. The van der Waals surface area contributed by atoms with Gasteiger partial charge in [-0.05, 0) is 44.9 Å². The molecule has 4 N–H and O–H groups in total. The number of aliphatic hydroxyl groups is 3. The van der Waals surface area contributed by atoms with Crippen molar-refractivity contribution in [3.05, 3.63) is 24.3 Å². The molecule has 392 valence electrons. The maximum Gasteiger partial charge on any atom is 0.249 e. The highest BCUT2D eigenvalue weighted by Crippen LogP contribution is 2.18. The van der Waals surface area contributed by atoms with Crippen LogP contribution in [-0.2, 0) is 4.79 Å². The van der Waals surface area contributed by atoms with Gasteiger partial charge in [-0.2, -0.15) is 0 Å². The summed E-state index contributed by atoms with van der Waals surface area (Å²) in [5.41, 5.74) is 0. The quantitative estimate of drug-likeness (QED) is 0.0361. The molecule has 0 aliphatic heterocycles. The van der Waals surface area contributed by atoms with E-state index in [0.717, 1.165) is 38.5 Å². The first-order valence-corrected chi connectivity index (χ1v) is 30.1. The number of hydrogen-bond acceptors (Lipinski definition) is 4. The molecule has 0 fully saturated rings. The number of hydrogen-bond donors (Lipinski definition) is 4. The molecule has 0 aromatic rings. The molecule has 3 unspecified atom stereocenters. The Bertz CT molecular complexity index is 982. The van der Waals surface area contributed by atoms with Gasteiger partial charge in [-0.15, -0.1) is 0 Å². The van der Waals surface area contributed by atoms with Gasteiger partial charge in [-0.25, -0.2) is 0 Å². The molecule has 0 aromatic carbocycles. The fraction of sp³-hybridized carbons (Fsp3) is 0.918. The number of amides is 1. The minimum atomic E-state index is -1.07. The molecule has 0 aromatic heterocycles. The van der Waals surface area contributed by atoms with Crippen molar-refractivity contribution in [1.82, 2.24) is 5.32 Å². The van der Waals surface area contributed by atoms with Crippen LogP contribution in [0.3, 0.4) is 0 Å². The largest absolute Gasteiger partial charge is 0.394 e. The molecule has 0 bridgehead atoms. The van der Waals surface area contributed by atoms with Crippen LogP contribution in [-0.4, -0.2) is 46.1 Å². The van der Waals surface area contributed by atoms with Crippen LogP contribution in [0.5, 0.6) is 0 Å². The van der Waals surface area contributed by atoms with E-state index >= 15 is 0 Å². The van der Waals surface area contributed by atoms with Crippen LogP contribution in [0.1, 0.15) is 335 Å². The van der Waals surface area contributed by atoms with E-state index in [1.807, 2.05) is 0 Å². The Morgan fingerprint density at radius 2 is 0.621 bits per heavy atom. The number of allylic oxidation sites excluding steroid dienone is 4. The maximum absolute atomic E-state index is 12.6. The average molecular weight is 931 g/mol. The van der Waals surface area contributed by atoms with Crippen LogP contribution >= 0.6 is 0 Å². The van der Waals surface area contributed by atoms with Gasteiger partial charge in [0.05, 0.1) is 18.8 Å². The van der Waals surface area contributed by atoms with Gasteiger partial charge >= 0.3 is 0 Å². The second-order valence-electron chi connectivity index (χ2n) is 20.9. The standard InChI is InChI=1S/C61H119NO4/c1-3-5-7-9-11-13-15-17-19-21-23-25-26-27-28-29-30-31-32-33-34-35-36-38-40-42-44-46-48-50-52-54-56-60(65)61(66)62-58(57-63)59(64)55-53-51-49-47-45-43-41-39-37-24-22-20-18-16-14-12-10-8-6-4-2/h23,25,27-28,58-60,63-65H,3-22,24,26,29-57H2,1-2H3,(H,62,66)/b25-23-,28-27-. The minimum absolute atomic E-state index is 0.310. The van der Waals surface area contributed by atoms with E-state index in [2.05, 4.69) is 43.5 Å². The van der Waals surface area contributed by atoms with Crippen molar-refractivity contribution < 1.29 is 20.1 Å². The summed E-state index contributed by atoms with van der Waals surface area (Å²) in [6, 6.07) is -0.711. The van der Waals surface area contributed by atoms with Gasteiger partial charge in [-0.3, -0.25) is 4.79 Å². The van der Waals surface area contributed by atoms with Crippen LogP contribution in [0.4, 0.5) is 0 Å². The second-order valence-corrected chi connectivity index (χ2v) is 20.9. The summed E-state index contributed by atoms with van der Waals surface area (Å²) >= 11 is 0. The first-order chi connectivity index (χ1) is 32.6. The van der Waals surface area contributed by atoms with E-state index in [9.17, 15) is 20.1 Å². The molecule has 0 spiro atoms. The highest BCUT2D eigenvalue weighted by Gasteiger charge is 2.23. The molecule has 1 amide bonds. The zero-order valence-electron chi connectivity index (χ0n) is 44.9. The van der Waals surface area contributed by atoms with Crippen LogP contribution in [0.25, 0.3) is 0 Å². The zero-order valence-corrected chi connectivity index (χ0v) is 44.9. The molecule has 3 atom stereocenters. The van der Waals surface area contributed by atoms with E-state index < -0.39 is 24.2 Å². The van der Waals surface area contributed by atoms with E-state index in [1.54, 1.807) is 0 Å². The van der Waals surface area contributed by atoms with Gasteiger partial charge in [0.25, 0.3) is 0 Å². The zero-order chi connectivity index (χ0) is 47.9. The Balaban J connectivity index is 3.49. The molecule has 5 nitrogen and oxygen atoms in total. The molecule has 0 rings (SSSR count). The summed E-state index contributed by atoms with van der Waals surface area (Å²) in [7, 11) is 0. The molecule has 0 heterocycles. The number of unbranched alkanes of at least 4 members (excludes halogenated alkanes) is 44. The van der Waals surface area contributed by atoms with E-state index in [0.29, 0.717) is 12.8 Å². The lowest BCUT2D eigenvalue weighted by Crippen LogP contribution is -2.49. The molecule has 0 aliphatic rings. The summed E-state index contributed by atoms with van der Waals surface area (Å²) in [6.45, 7) is 4.27. The van der Waals surface area contributed by atoms with Gasteiger partial charge in [0.1, 0.15) is 6.10 Å². The lowest BCUT2D eigenvalue weighted by atomic mass is 10.0. The number of carbonyl (C=O) groups is 1. The number of nitrogens with one attached hydrogen (secondary N) is 1. The topological polar surface area (TPSA) is 89.8 Å². The normalized spacial score (nSPS) is 13.3. The van der Waals surface area contributed by atoms with E-state index in [-0.39, 0.29) is 6.61 Å². The molecular weight excluding hydrogens is 811 g/mol. The first-order valence-electron chi connectivity index (χ1n) is 30.1. The maximum atomic E-state index is 12.6. The van der Waals surface area contributed by atoms with Crippen LogP contribution in [0.2, 0.25) is 0 Å². The van der Waals surface area contributed by atoms with Crippen LogP contribution in [0.15, 0.2) is 24.3 Å². The highest BCUT2D eigenvalue weighted by molar-refractivity contribution is 5.80. The predicted molar refractivity (Wildman–Crippen MR) is 292 cm³/mol. The molecule has 0 aliphatic carbocycles. The Morgan fingerprint density at radius 1 is 0.364 bits per heavy atom. The van der Waals surface area contributed by atoms with Crippen molar-refractivity contribution in [2.45, 2.75) is 353 Å². The Labute approximate surface area is 413 Å². The minimum Gasteiger partial charge on any atom is -0.394 e. The van der Waals surface area contributed by atoms with E-state index in [4.69, 9.17) is 0 Å². The summed E-state index contributed by atoms with van der Waals surface area (Å²) in [4.78, 5) is 12.6. The van der Waals surface area contributed by atoms with Crippen molar-refractivity contribution in [3.8, 4) is 0 Å². The van der Waals surface area contributed by atoms with Crippen LogP contribution in [0, 0.1) is 0 Å².